The van der Waals surface area contributed by atoms with Gasteiger partial charge in [-0.25, -0.2) is 9.59 Å². The molecule has 0 aromatic heterocycles. The van der Waals surface area contributed by atoms with E-state index < -0.39 is 11.6 Å². The van der Waals surface area contributed by atoms with E-state index in [2.05, 4.69) is 36.9 Å². The smallest absolute Gasteiger partial charge is 0.415 e. The first kappa shape index (κ1) is 22.4. The number of fused-ring (bicyclic) bond motifs is 2. The first-order chi connectivity index (χ1) is 16.7. The lowest BCUT2D eigenvalue weighted by molar-refractivity contribution is -0.000997. The highest BCUT2D eigenvalue weighted by molar-refractivity contribution is 5.92. The number of amides is 1. The van der Waals surface area contributed by atoms with E-state index in [9.17, 15) is 9.59 Å². The number of hydrogen-bond donors (Lipinski definition) is 1. The Morgan fingerprint density at radius 2 is 1.71 bits per heavy atom. The van der Waals surface area contributed by atoms with Crippen LogP contribution in [0.2, 0.25) is 0 Å². The number of carboxylic acid groups (broad SMARTS) is 1. The zero-order chi connectivity index (χ0) is 24.4. The quantitative estimate of drug-likeness (QED) is 0.671. The van der Waals surface area contributed by atoms with Crippen LogP contribution in [0.15, 0.2) is 42.5 Å². The van der Waals surface area contributed by atoms with Gasteiger partial charge in [0.25, 0.3) is 0 Å². The molecule has 3 heterocycles. The third-order valence-electron chi connectivity index (χ3n) is 8.19. The number of benzene rings is 2. The van der Waals surface area contributed by atoms with Crippen LogP contribution in [0.25, 0.3) is 0 Å². The van der Waals surface area contributed by atoms with Gasteiger partial charge in [0.15, 0.2) is 0 Å². The number of piperidine rings is 1. The molecule has 7 heteroatoms. The van der Waals surface area contributed by atoms with Crippen molar-refractivity contribution in [1.82, 2.24) is 4.90 Å². The van der Waals surface area contributed by atoms with Crippen molar-refractivity contribution in [1.29, 1.82) is 0 Å². The second-order valence-corrected chi connectivity index (χ2v) is 11.4. The molecule has 4 aliphatic rings. The number of aromatic carboxylic acids is 1. The van der Waals surface area contributed by atoms with Crippen LogP contribution < -0.4 is 9.64 Å². The Balaban J connectivity index is 1.10. The molecule has 3 fully saturated rings. The van der Waals surface area contributed by atoms with Crippen LogP contribution in [-0.2, 0) is 16.7 Å². The molecule has 0 bridgehead atoms. The van der Waals surface area contributed by atoms with Crippen LogP contribution in [0.1, 0.15) is 67.4 Å². The maximum absolute atomic E-state index is 12.7. The van der Waals surface area contributed by atoms with Gasteiger partial charge in [-0.15, -0.1) is 0 Å². The van der Waals surface area contributed by atoms with Crippen molar-refractivity contribution in [2.24, 2.45) is 0 Å². The molecule has 1 amide bonds. The molecule has 3 aliphatic heterocycles. The number of ether oxygens (including phenoxy) is 2. The van der Waals surface area contributed by atoms with Gasteiger partial charge in [0, 0.05) is 49.1 Å². The molecule has 0 atom stereocenters. The van der Waals surface area contributed by atoms with Crippen LogP contribution in [0.4, 0.5) is 10.5 Å². The maximum Gasteiger partial charge on any atom is 0.415 e. The van der Waals surface area contributed by atoms with Gasteiger partial charge in [-0.3, -0.25) is 9.80 Å². The fourth-order valence-electron chi connectivity index (χ4n) is 6.26. The number of anilines is 1. The van der Waals surface area contributed by atoms with Gasteiger partial charge in [0.05, 0.1) is 12.1 Å². The molecule has 35 heavy (non-hydrogen) atoms. The summed E-state index contributed by atoms with van der Waals surface area (Å²) in [5, 5.41) is 9.11. The lowest BCUT2D eigenvalue weighted by atomic mass is 9.81. The van der Waals surface area contributed by atoms with Crippen molar-refractivity contribution in [3.8, 4) is 5.75 Å². The molecule has 1 N–H and O–H groups in total. The molecule has 184 valence electrons. The minimum Gasteiger partial charge on any atom is -0.488 e. The molecule has 1 saturated carbocycles. The molecule has 1 aliphatic carbocycles. The maximum atomic E-state index is 12.7. The predicted octanol–water partition coefficient (Wildman–Crippen LogP) is 4.97. The third-order valence-corrected chi connectivity index (χ3v) is 8.19. The van der Waals surface area contributed by atoms with Crippen molar-refractivity contribution in [2.75, 3.05) is 24.5 Å². The summed E-state index contributed by atoms with van der Waals surface area (Å²) in [7, 11) is 0. The van der Waals surface area contributed by atoms with E-state index >= 15 is 0 Å². The summed E-state index contributed by atoms with van der Waals surface area (Å²) in [6.45, 7) is 7.50. The standard InChI is InChI=1S/C28H32N2O5/c1-26(2)17-27(9-10-27)22-15-19(3-8-23(22)34-26)16-29-13-11-28(12-14-29)18-30(25(33)35-28)21-6-4-20(5-7-21)24(31)32/h3-8,15H,9-14,16-18H2,1-2H3,(H,31,32). The van der Waals surface area contributed by atoms with Crippen LogP contribution in [0.3, 0.4) is 0 Å². The Labute approximate surface area is 205 Å². The number of carboxylic acids is 1. The Kier molecular flexibility index (Phi) is 4.94. The van der Waals surface area contributed by atoms with Gasteiger partial charge < -0.3 is 14.6 Å². The number of rotatable bonds is 4. The summed E-state index contributed by atoms with van der Waals surface area (Å²) in [4.78, 5) is 27.8. The molecule has 6 rings (SSSR count). The van der Waals surface area contributed by atoms with Gasteiger partial charge >= 0.3 is 12.1 Å². The third kappa shape index (κ3) is 4.05. The van der Waals surface area contributed by atoms with E-state index in [-0.39, 0.29) is 17.3 Å². The van der Waals surface area contributed by atoms with E-state index in [0.29, 0.717) is 17.6 Å². The zero-order valence-corrected chi connectivity index (χ0v) is 20.4. The molecule has 2 aromatic carbocycles. The van der Waals surface area contributed by atoms with E-state index in [1.54, 1.807) is 17.0 Å². The highest BCUT2D eigenvalue weighted by Crippen LogP contribution is 2.59. The molecule has 2 spiro atoms. The summed E-state index contributed by atoms with van der Waals surface area (Å²) < 4.78 is 12.2. The Bertz CT molecular complexity index is 1180. The second-order valence-electron chi connectivity index (χ2n) is 11.4. The van der Waals surface area contributed by atoms with Crippen LogP contribution >= 0.6 is 0 Å². The normalized spacial score (nSPS) is 23.6. The van der Waals surface area contributed by atoms with E-state index in [0.717, 1.165) is 44.6 Å². The molecular weight excluding hydrogens is 444 g/mol. The topological polar surface area (TPSA) is 79.3 Å². The fourth-order valence-corrected chi connectivity index (χ4v) is 6.26. The minimum absolute atomic E-state index is 0.100. The SMILES string of the molecule is CC1(C)CC2(CC2)c2cc(CN3CCC4(CC3)CN(c3ccc(C(=O)O)cc3)C(=O)O4)ccc2O1. The second kappa shape index (κ2) is 7.72. The minimum atomic E-state index is -0.980. The van der Waals surface area contributed by atoms with Gasteiger partial charge in [0.2, 0.25) is 0 Å². The van der Waals surface area contributed by atoms with Crippen LogP contribution in [0, 0.1) is 0 Å². The number of carbonyl (C=O) groups is 2. The Hall–Kier alpha value is -3.06. The van der Waals surface area contributed by atoms with Crippen LogP contribution in [0.5, 0.6) is 5.75 Å². The van der Waals surface area contributed by atoms with Crippen LogP contribution in [-0.4, -0.2) is 52.9 Å². The average molecular weight is 477 g/mol. The first-order valence-electron chi connectivity index (χ1n) is 12.5. The number of hydrogen-bond acceptors (Lipinski definition) is 5. The van der Waals surface area contributed by atoms with Crippen molar-refractivity contribution in [3.05, 3.63) is 59.2 Å². The van der Waals surface area contributed by atoms with Gasteiger partial charge in [0.1, 0.15) is 17.0 Å². The number of likely N-dealkylation sites (tertiary alicyclic amines) is 1. The summed E-state index contributed by atoms with van der Waals surface area (Å²) in [5.74, 6) is 0.0708. The zero-order valence-electron chi connectivity index (χ0n) is 20.4. The summed E-state index contributed by atoms with van der Waals surface area (Å²) >= 11 is 0. The highest BCUT2D eigenvalue weighted by Gasteiger charge is 2.53. The number of carbonyl (C=O) groups excluding carboxylic acids is 1. The molecule has 7 nitrogen and oxygen atoms in total. The first-order valence-corrected chi connectivity index (χ1v) is 12.5. The van der Waals surface area contributed by atoms with E-state index in [4.69, 9.17) is 14.6 Å². The predicted molar refractivity (Wildman–Crippen MR) is 131 cm³/mol. The molecule has 2 aromatic rings. The monoisotopic (exact) mass is 476 g/mol. The van der Waals surface area contributed by atoms with Gasteiger partial charge in [-0.2, -0.15) is 0 Å². The average Bonchev–Trinajstić information content (AvgIpc) is 3.50. The van der Waals surface area contributed by atoms with Crippen molar-refractivity contribution < 1.29 is 24.2 Å². The Morgan fingerprint density at radius 3 is 2.37 bits per heavy atom. The van der Waals surface area contributed by atoms with E-state index in [1.165, 1.54) is 36.1 Å². The summed E-state index contributed by atoms with van der Waals surface area (Å²) in [5.41, 5.74) is 3.31. The van der Waals surface area contributed by atoms with Crippen molar-refractivity contribution in [2.45, 2.75) is 69.1 Å². The molecule has 0 radical (unpaired) electrons. The highest BCUT2D eigenvalue weighted by atomic mass is 16.6. The lowest BCUT2D eigenvalue weighted by Gasteiger charge is -2.39. The van der Waals surface area contributed by atoms with Gasteiger partial charge in [-0.05, 0) is 69.0 Å². The molecule has 2 saturated heterocycles. The van der Waals surface area contributed by atoms with Gasteiger partial charge in [-0.1, -0.05) is 12.1 Å². The van der Waals surface area contributed by atoms with Crippen molar-refractivity contribution in [3.63, 3.8) is 0 Å². The lowest BCUT2D eigenvalue weighted by Crippen LogP contribution is -2.46. The molecular formula is C28H32N2O5. The molecule has 0 unspecified atom stereocenters. The summed E-state index contributed by atoms with van der Waals surface area (Å²) in [6, 6.07) is 13.1. The fraction of sp³-hybridized carbons (Fsp3) is 0.500. The van der Waals surface area contributed by atoms with E-state index in [1.807, 2.05) is 0 Å². The summed E-state index contributed by atoms with van der Waals surface area (Å²) in [6.07, 6.45) is 4.81. The number of nitrogens with zero attached hydrogens (tertiary/aromatic N) is 2. The Morgan fingerprint density at radius 1 is 1.00 bits per heavy atom. The largest absolute Gasteiger partial charge is 0.488 e. The van der Waals surface area contributed by atoms with Crippen molar-refractivity contribution >= 4 is 17.7 Å².